The van der Waals surface area contributed by atoms with Crippen molar-refractivity contribution in [3.05, 3.63) is 92.8 Å². The summed E-state index contributed by atoms with van der Waals surface area (Å²) in [5, 5.41) is 12.6. The smallest absolute Gasteiger partial charge is 0.357 e. The molecule has 14 aromatic rings. The van der Waals surface area contributed by atoms with Crippen LogP contribution in [0.4, 0.5) is 0 Å². The summed E-state index contributed by atoms with van der Waals surface area (Å²) in [6, 6.07) is 0. The van der Waals surface area contributed by atoms with Crippen LogP contribution >= 0.6 is 128 Å². The van der Waals surface area contributed by atoms with Gasteiger partial charge in [-0.1, -0.05) is 149 Å². The van der Waals surface area contributed by atoms with Gasteiger partial charge in [0.1, 0.15) is 0 Å². The van der Waals surface area contributed by atoms with Crippen molar-refractivity contribution in [2.24, 2.45) is 0 Å². The largest absolute Gasteiger partial charge is 2.00 e. The average Bonchev–Trinajstić information content (AvgIpc) is 1.61. The van der Waals surface area contributed by atoms with E-state index in [2.05, 4.69) is 92.8 Å². The Labute approximate surface area is 590 Å². The van der Waals surface area contributed by atoms with Crippen LogP contribution in [-0.2, 0) is 34.1 Å². The monoisotopic (exact) mass is 1620 g/mol. The normalized spacial score (nSPS) is 12.0. The fourth-order valence-electron chi connectivity index (χ4n) is 9.19. The van der Waals surface area contributed by atoms with Gasteiger partial charge >= 0.3 is 34.1 Å². The van der Waals surface area contributed by atoms with Gasteiger partial charge in [0.25, 0.3) is 0 Å². The van der Waals surface area contributed by atoms with E-state index in [-0.39, 0.29) is 34.1 Å². The SMILES string of the molecule is CC.CC.CC.CC.CC.CC.[Cu+2].[Cu+2].c1cpc2c(p1)-c1nc-2nc2[n-]c(nc3nc(nc4[n-]c(n1)c1pccpc41)-c1pccpc1-3)c1pccpc21.c1ppcc2c1-c1nc-2nc2[n-]c(nc3nc(nc4[n-]c(n1)c1cppcc41)-c1cppcc1-3)c1cppcc21. The van der Waals surface area contributed by atoms with Crippen molar-refractivity contribution in [1.82, 2.24) is 79.7 Å². The van der Waals surface area contributed by atoms with E-state index in [1.165, 1.54) is 63.0 Å². The second-order valence-electron chi connectivity index (χ2n) is 17.2. The van der Waals surface area contributed by atoms with Gasteiger partial charge in [-0.25, -0.2) is 19.9 Å². The van der Waals surface area contributed by atoms with E-state index >= 15 is 0 Å². The molecular formula is C60H52Cu2N16P16. The van der Waals surface area contributed by atoms with Crippen LogP contribution in [0.15, 0.2) is 92.8 Å². The molecule has 16 nitrogen and oxygen atoms in total. The van der Waals surface area contributed by atoms with Crippen LogP contribution < -0.4 is 19.9 Å². The first kappa shape index (κ1) is 74.6. The molecular weight excluding hydrogens is 1570 g/mol. The van der Waals surface area contributed by atoms with E-state index in [0.717, 1.165) is 151 Å². The van der Waals surface area contributed by atoms with Crippen LogP contribution in [0, 0.1) is 0 Å². The third-order valence-electron chi connectivity index (χ3n) is 12.7. The van der Waals surface area contributed by atoms with Crippen molar-refractivity contribution in [2.45, 2.75) is 83.1 Å². The minimum atomic E-state index is 0. The zero-order valence-corrected chi connectivity index (χ0v) is 68.3. The molecule has 4 aliphatic rings. The predicted molar refractivity (Wildman–Crippen MR) is 416 cm³/mol. The summed E-state index contributed by atoms with van der Waals surface area (Å²) in [6.45, 7) is 24.0. The van der Waals surface area contributed by atoms with Gasteiger partial charge in [-0.3, -0.25) is 0 Å². The minimum Gasteiger partial charge on any atom is -0.357 e. The van der Waals surface area contributed by atoms with E-state index < -0.39 is 0 Å². The van der Waals surface area contributed by atoms with E-state index in [1.807, 2.05) is 83.1 Å². The molecule has 2 radical (unpaired) electrons. The Morgan fingerprint density at radius 1 is 0.213 bits per heavy atom. The number of nitrogens with zero attached hydrogens (tertiary/aromatic N) is 16. The molecule has 0 N–H and O–H groups in total. The molecule has 0 saturated carbocycles. The molecule has 16 bridgehead atoms. The summed E-state index contributed by atoms with van der Waals surface area (Å²) < 4.78 is 0. The summed E-state index contributed by atoms with van der Waals surface area (Å²) >= 11 is 0. The minimum absolute atomic E-state index is 0. The number of rotatable bonds is 0. The van der Waals surface area contributed by atoms with Gasteiger partial charge in [-0.2, -0.15) is 0 Å². The first-order chi connectivity index (χ1) is 45.6. The maximum Gasteiger partial charge on any atom is 2.00 e. The molecule has 4 aliphatic heterocycles. The maximum atomic E-state index is 5.05. The first-order valence-electron chi connectivity index (χ1n) is 29.5. The van der Waals surface area contributed by atoms with Crippen LogP contribution in [0.25, 0.3) is 177 Å². The second kappa shape index (κ2) is 35.4. The molecule has 94 heavy (non-hydrogen) atoms. The van der Waals surface area contributed by atoms with Gasteiger partial charge in [0.05, 0.1) is 46.6 Å². The summed E-state index contributed by atoms with van der Waals surface area (Å²) in [7, 11) is 17.9. The Balaban J connectivity index is 0.000000188. The van der Waals surface area contributed by atoms with Crippen LogP contribution in [0.2, 0.25) is 0 Å². The first-order valence-corrected chi connectivity index (χ1v) is 47.8. The predicted octanol–water partition coefficient (Wildman–Crippen LogP) is 27.7. The van der Waals surface area contributed by atoms with Gasteiger partial charge < -0.3 is 59.8 Å². The van der Waals surface area contributed by atoms with E-state index in [4.69, 9.17) is 79.7 Å². The van der Waals surface area contributed by atoms with E-state index in [0.29, 0.717) is 91.8 Å². The maximum absolute atomic E-state index is 5.05. The Bertz CT molecular complexity index is 4460. The molecule has 34 heteroatoms. The Morgan fingerprint density at radius 2 is 0.394 bits per heavy atom. The molecule has 18 heterocycles. The van der Waals surface area contributed by atoms with Crippen molar-refractivity contribution in [2.75, 3.05) is 0 Å². The third-order valence-corrected chi connectivity index (χ3v) is 30.1. The number of hydrogen-bond donors (Lipinski definition) is 0. The van der Waals surface area contributed by atoms with Gasteiger partial charge in [-0.05, 0) is 156 Å². The van der Waals surface area contributed by atoms with Crippen LogP contribution in [0.1, 0.15) is 83.1 Å². The average molecular weight is 1620 g/mol. The van der Waals surface area contributed by atoms with Crippen LogP contribution in [0.5, 0.6) is 0 Å². The summed E-state index contributed by atoms with van der Waals surface area (Å²) in [4.78, 5) is 79.9. The molecule has 0 aliphatic carbocycles. The molecule has 18 rings (SSSR count). The van der Waals surface area contributed by atoms with Gasteiger partial charge in [0, 0.05) is 131 Å². The third kappa shape index (κ3) is 15.0. The summed E-state index contributed by atoms with van der Waals surface area (Å²) in [5.41, 5.74) is 9.16. The zero-order valence-electron chi connectivity index (χ0n) is 52.2. The molecule has 0 atom stereocenters. The molecule has 0 unspecified atom stereocenters. The van der Waals surface area contributed by atoms with Crippen LogP contribution in [-0.4, -0.2) is 59.8 Å². The van der Waals surface area contributed by atoms with Gasteiger partial charge in [0.2, 0.25) is 0 Å². The Kier molecular flexibility index (Phi) is 28.1. The van der Waals surface area contributed by atoms with E-state index in [1.54, 1.807) is 0 Å². The molecule has 474 valence electrons. The molecule has 0 amide bonds. The summed E-state index contributed by atoms with van der Waals surface area (Å²) in [6.07, 6.45) is 0. The number of fused-ring (bicyclic) bond motifs is 40. The van der Waals surface area contributed by atoms with Gasteiger partial charge in [-0.15, -0.1) is 0 Å². The zero-order chi connectivity index (χ0) is 64.4. The molecule has 0 aromatic carbocycles. The van der Waals surface area contributed by atoms with Crippen molar-refractivity contribution >= 4 is 216 Å². The molecule has 0 spiro atoms. The summed E-state index contributed by atoms with van der Waals surface area (Å²) in [5.74, 6) is 39.7. The second-order valence-corrected chi connectivity index (χ2v) is 34.7. The van der Waals surface area contributed by atoms with Crippen LogP contribution in [0.3, 0.4) is 0 Å². The Hall–Kier alpha value is -3.60. The Morgan fingerprint density at radius 3 is 0.628 bits per heavy atom. The van der Waals surface area contributed by atoms with E-state index in [9.17, 15) is 0 Å². The molecule has 0 saturated heterocycles. The quantitative estimate of drug-likeness (QED) is 0.129. The van der Waals surface area contributed by atoms with Crippen molar-refractivity contribution < 1.29 is 34.1 Å². The standard InChI is InChI=1S/2C24H8N8P8.6C2H6.2Cu/c1-9-10(2-34-33-1)18-25-17(9)29-19-11-3-35-36-4-12(11)21(26-19)31-23-15-7-39-40-8-16(15)24(28-23)32-22-14-6-38-37-5-13(14)20(27-22)30-18;1-2-34-10-9(33-1)17-25-18(10)30-20-13-14(38-6-5-37-13)22(27-20)32-24-16-15(39-7-8-40-16)23(28-24)31-21-12-11(19(26-21)29-17)35-3-4-36-12;6*1-2;;/h2*1-8H;6*1-2H3;;/q2*-2;;;;;;;2*+2. The fraction of sp³-hybridized carbons (Fsp3) is 0.200. The number of aromatic nitrogens is 16. The van der Waals surface area contributed by atoms with Crippen molar-refractivity contribution in [1.29, 1.82) is 0 Å². The topological polar surface area (TPSA) is 211 Å². The fourth-order valence-corrected chi connectivity index (χ4v) is 25.3. The number of hydrogen-bond acceptors (Lipinski definition) is 12. The van der Waals surface area contributed by atoms with Crippen molar-refractivity contribution in [3.8, 4) is 90.0 Å². The van der Waals surface area contributed by atoms with Gasteiger partial charge in [0.15, 0.2) is 0 Å². The molecule has 0 fully saturated rings. The molecule has 14 aromatic heterocycles. The van der Waals surface area contributed by atoms with Crippen molar-refractivity contribution in [3.63, 3.8) is 0 Å².